The standard InChI is InChI=1S/C23H25N3O2S/c1-3-28-20-7-5-4-6-18(20)16-21-22(27)24-23(29-21)26-14-12-25(13-15-26)19-10-8-17(2)9-11-19/h4-11,16H,3,12-15H2,1-2H3/b21-16+. The summed E-state index contributed by atoms with van der Waals surface area (Å²) in [5.41, 5.74) is 3.43. The highest BCUT2D eigenvalue weighted by atomic mass is 32.2. The van der Waals surface area contributed by atoms with Crippen molar-refractivity contribution in [2.45, 2.75) is 13.8 Å². The van der Waals surface area contributed by atoms with E-state index in [2.05, 4.69) is 46.0 Å². The van der Waals surface area contributed by atoms with Gasteiger partial charge in [0.05, 0.1) is 11.5 Å². The van der Waals surface area contributed by atoms with E-state index in [0.717, 1.165) is 42.7 Å². The number of rotatable bonds is 4. The van der Waals surface area contributed by atoms with Crippen molar-refractivity contribution in [3.05, 3.63) is 64.6 Å². The van der Waals surface area contributed by atoms with Crippen LogP contribution in [0.1, 0.15) is 18.1 Å². The number of ether oxygens (including phenoxy) is 1. The second-order valence-corrected chi connectivity index (χ2v) is 8.10. The first-order valence-corrected chi connectivity index (χ1v) is 10.8. The highest BCUT2D eigenvalue weighted by molar-refractivity contribution is 8.18. The SMILES string of the molecule is CCOc1ccccc1/C=C1/SC(N2CCN(c3ccc(C)cc3)CC2)=NC1=O. The van der Waals surface area contributed by atoms with Gasteiger partial charge in [-0.15, -0.1) is 0 Å². The van der Waals surface area contributed by atoms with Crippen LogP contribution in [0.3, 0.4) is 0 Å². The average molecular weight is 408 g/mol. The molecule has 1 fully saturated rings. The third-order valence-corrected chi connectivity index (χ3v) is 6.11. The summed E-state index contributed by atoms with van der Waals surface area (Å²) >= 11 is 1.46. The molecular formula is C23H25N3O2S. The zero-order valence-corrected chi connectivity index (χ0v) is 17.6. The molecule has 0 spiro atoms. The highest BCUT2D eigenvalue weighted by Gasteiger charge is 2.28. The van der Waals surface area contributed by atoms with Crippen LogP contribution >= 0.6 is 11.8 Å². The largest absolute Gasteiger partial charge is 0.493 e. The zero-order valence-electron chi connectivity index (χ0n) is 16.8. The van der Waals surface area contributed by atoms with E-state index in [1.54, 1.807) is 0 Å². The topological polar surface area (TPSA) is 45.1 Å². The van der Waals surface area contributed by atoms with Crippen LogP contribution in [-0.2, 0) is 4.79 Å². The molecular weight excluding hydrogens is 382 g/mol. The maximum Gasteiger partial charge on any atom is 0.286 e. The Hall–Kier alpha value is -2.73. The molecule has 0 N–H and O–H groups in total. The number of aliphatic imine (C=N–C) groups is 1. The molecule has 29 heavy (non-hydrogen) atoms. The fraction of sp³-hybridized carbons (Fsp3) is 0.304. The molecule has 0 aliphatic carbocycles. The number of aryl methyl sites for hydroxylation is 1. The lowest BCUT2D eigenvalue weighted by molar-refractivity contribution is -0.113. The van der Waals surface area contributed by atoms with Gasteiger partial charge in [-0.2, -0.15) is 4.99 Å². The number of hydrogen-bond donors (Lipinski definition) is 0. The van der Waals surface area contributed by atoms with Crippen LogP contribution in [0, 0.1) is 6.92 Å². The lowest BCUT2D eigenvalue weighted by Crippen LogP contribution is -2.47. The van der Waals surface area contributed by atoms with Gasteiger partial charge in [0, 0.05) is 37.4 Å². The predicted molar refractivity (Wildman–Crippen MR) is 121 cm³/mol. The van der Waals surface area contributed by atoms with Crippen LogP contribution < -0.4 is 9.64 Å². The third-order valence-electron chi connectivity index (χ3n) is 5.06. The quantitative estimate of drug-likeness (QED) is 0.712. The van der Waals surface area contributed by atoms with E-state index in [4.69, 9.17) is 4.74 Å². The molecule has 4 rings (SSSR count). The van der Waals surface area contributed by atoms with Gasteiger partial charge in [0.25, 0.3) is 5.91 Å². The summed E-state index contributed by atoms with van der Waals surface area (Å²) in [7, 11) is 0. The lowest BCUT2D eigenvalue weighted by Gasteiger charge is -2.36. The molecule has 0 radical (unpaired) electrons. The summed E-state index contributed by atoms with van der Waals surface area (Å²) in [6, 6.07) is 16.4. The second kappa shape index (κ2) is 8.74. The van der Waals surface area contributed by atoms with Gasteiger partial charge in [0.2, 0.25) is 0 Å². The van der Waals surface area contributed by atoms with Gasteiger partial charge >= 0.3 is 0 Å². The van der Waals surface area contributed by atoms with Crippen molar-refractivity contribution in [2.75, 3.05) is 37.7 Å². The summed E-state index contributed by atoms with van der Waals surface area (Å²) in [5.74, 6) is 0.619. The molecule has 0 saturated carbocycles. The van der Waals surface area contributed by atoms with Gasteiger partial charge < -0.3 is 14.5 Å². The normalized spacial score (nSPS) is 18.3. The predicted octanol–water partition coefficient (Wildman–Crippen LogP) is 4.19. The molecule has 2 aromatic rings. The van der Waals surface area contributed by atoms with Gasteiger partial charge in [-0.1, -0.05) is 35.9 Å². The fourth-order valence-electron chi connectivity index (χ4n) is 3.47. The van der Waals surface area contributed by atoms with E-state index >= 15 is 0 Å². The van der Waals surface area contributed by atoms with Gasteiger partial charge in [-0.05, 0) is 49.9 Å². The van der Waals surface area contributed by atoms with Crippen LogP contribution in [0.25, 0.3) is 6.08 Å². The number of carbonyl (C=O) groups is 1. The molecule has 0 atom stereocenters. The minimum atomic E-state index is -0.169. The molecule has 5 nitrogen and oxygen atoms in total. The first-order chi connectivity index (χ1) is 14.1. The Morgan fingerprint density at radius 2 is 1.72 bits per heavy atom. The van der Waals surface area contributed by atoms with Crippen molar-refractivity contribution in [1.29, 1.82) is 0 Å². The Morgan fingerprint density at radius 3 is 2.45 bits per heavy atom. The van der Waals surface area contributed by atoms with Crippen molar-refractivity contribution < 1.29 is 9.53 Å². The maximum absolute atomic E-state index is 12.5. The van der Waals surface area contributed by atoms with Gasteiger partial charge in [0.15, 0.2) is 5.17 Å². The summed E-state index contributed by atoms with van der Waals surface area (Å²) in [5, 5.41) is 0.804. The summed E-state index contributed by atoms with van der Waals surface area (Å²) in [4.78, 5) is 22.0. The van der Waals surface area contributed by atoms with Crippen molar-refractivity contribution in [3.8, 4) is 5.75 Å². The second-order valence-electron chi connectivity index (χ2n) is 7.09. The number of nitrogens with zero attached hydrogens (tertiary/aromatic N) is 3. The molecule has 1 amide bonds. The molecule has 0 aromatic heterocycles. The van der Waals surface area contributed by atoms with E-state index in [9.17, 15) is 4.79 Å². The number of hydrogen-bond acceptors (Lipinski definition) is 5. The van der Waals surface area contributed by atoms with Crippen molar-refractivity contribution >= 4 is 34.6 Å². The van der Waals surface area contributed by atoms with Crippen LogP contribution in [0.5, 0.6) is 5.75 Å². The van der Waals surface area contributed by atoms with Gasteiger partial charge in [-0.3, -0.25) is 4.79 Å². The Labute approximate surface area is 176 Å². The Balaban J connectivity index is 1.41. The first-order valence-electron chi connectivity index (χ1n) is 9.95. The molecule has 150 valence electrons. The molecule has 0 unspecified atom stereocenters. The van der Waals surface area contributed by atoms with E-state index in [1.807, 2.05) is 37.3 Å². The van der Waals surface area contributed by atoms with Crippen molar-refractivity contribution in [3.63, 3.8) is 0 Å². The van der Waals surface area contributed by atoms with Gasteiger partial charge in [0.1, 0.15) is 5.75 Å². The molecule has 2 aliphatic rings. The van der Waals surface area contributed by atoms with Crippen molar-refractivity contribution in [2.24, 2.45) is 4.99 Å². The summed E-state index contributed by atoms with van der Waals surface area (Å²) < 4.78 is 5.67. The van der Waals surface area contributed by atoms with E-state index < -0.39 is 0 Å². The number of amidine groups is 1. The highest BCUT2D eigenvalue weighted by Crippen LogP contribution is 2.33. The molecule has 2 aliphatic heterocycles. The lowest BCUT2D eigenvalue weighted by atomic mass is 10.2. The maximum atomic E-state index is 12.5. The smallest absolute Gasteiger partial charge is 0.286 e. The third kappa shape index (κ3) is 4.48. The average Bonchev–Trinajstić information content (AvgIpc) is 3.11. The number of para-hydroxylation sites is 1. The number of anilines is 1. The minimum Gasteiger partial charge on any atom is -0.493 e. The van der Waals surface area contributed by atoms with Gasteiger partial charge in [-0.25, -0.2) is 0 Å². The zero-order chi connectivity index (χ0) is 20.2. The molecule has 2 heterocycles. The number of thioether (sulfide) groups is 1. The Kier molecular flexibility index (Phi) is 5.90. The molecule has 2 aromatic carbocycles. The van der Waals surface area contributed by atoms with Crippen LogP contribution in [0.2, 0.25) is 0 Å². The van der Waals surface area contributed by atoms with Crippen LogP contribution in [0.4, 0.5) is 5.69 Å². The van der Waals surface area contributed by atoms with E-state index in [1.165, 1.54) is 23.0 Å². The summed E-state index contributed by atoms with van der Waals surface area (Å²) in [6.07, 6.45) is 1.89. The minimum absolute atomic E-state index is 0.169. The van der Waals surface area contributed by atoms with E-state index in [-0.39, 0.29) is 5.91 Å². The van der Waals surface area contributed by atoms with Crippen molar-refractivity contribution in [1.82, 2.24) is 4.90 Å². The van der Waals surface area contributed by atoms with Crippen LogP contribution in [0.15, 0.2) is 58.4 Å². The fourth-order valence-corrected chi connectivity index (χ4v) is 4.43. The monoisotopic (exact) mass is 407 g/mol. The number of benzene rings is 2. The Morgan fingerprint density at radius 1 is 1.03 bits per heavy atom. The van der Waals surface area contributed by atoms with E-state index in [0.29, 0.717) is 11.5 Å². The number of piperazine rings is 1. The molecule has 1 saturated heterocycles. The number of amides is 1. The van der Waals surface area contributed by atoms with Crippen LogP contribution in [-0.4, -0.2) is 48.8 Å². The molecule has 0 bridgehead atoms. The first kappa shape index (κ1) is 19.6. The molecule has 6 heteroatoms. The summed E-state index contributed by atoms with van der Waals surface area (Å²) in [6.45, 7) is 8.20. The Bertz CT molecular complexity index is 945. The number of carbonyl (C=O) groups excluding carboxylic acids is 1.